The Bertz CT molecular complexity index is 376. The van der Waals surface area contributed by atoms with Crippen LogP contribution < -0.4 is 0 Å². The molecule has 0 aromatic heterocycles. The van der Waals surface area contributed by atoms with Crippen molar-refractivity contribution < 1.29 is 9.84 Å². The minimum atomic E-state index is -0.225. The summed E-state index contributed by atoms with van der Waals surface area (Å²) in [5.74, 6) is 0. The number of benzene rings is 1. The molecule has 1 fully saturated rings. The molecule has 1 saturated carbocycles. The van der Waals surface area contributed by atoms with Crippen LogP contribution in [0.5, 0.6) is 0 Å². The molecular weight excluding hydrogens is 268 g/mol. The molecule has 0 saturated heterocycles. The van der Waals surface area contributed by atoms with Crippen LogP contribution in [0.25, 0.3) is 0 Å². The molecule has 1 aromatic carbocycles. The number of hydrogen-bond acceptors (Lipinski definition) is 2. The highest BCUT2D eigenvalue weighted by atomic mass is 79.9. The SMILES string of the molecule is CC1(C)C(O)CC1OCc1ccccc1Br. The van der Waals surface area contributed by atoms with Crippen molar-refractivity contribution in [1.82, 2.24) is 0 Å². The number of rotatable bonds is 3. The van der Waals surface area contributed by atoms with Gasteiger partial charge in [0.15, 0.2) is 0 Å². The summed E-state index contributed by atoms with van der Waals surface area (Å²) in [7, 11) is 0. The first-order chi connectivity index (χ1) is 7.51. The summed E-state index contributed by atoms with van der Waals surface area (Å²) in [5, 5.41) is 9.61. The van der Waals surface area contributed by atoms with E-state index in [9.17, 15) is 5.11 Å². The van der Waals surface area contributed by atoms with Crippen LogP contribution in [0.15, 0.2) is 28.7 Å². The molecule has 0 aliphatic heterocycles. The molecule has 1 aromatic rings. The van der Waals surface area contributed by atoms with Gasteiger partial charge in [-0.1, -0.05) is 48.0 Å². The van der Waals surface area contributed by atoms with E-state index < -0.39 is 0 Å². The predicted molar refractivity (Wildman–Crippen MR) is 67.1 cm³/mol. The fourth-order valence-corrected chi connectivity index (χ4v) is 2.35. The third-order valence-electron chi connectivity index (χ3n) is 3.52. The molecule has 0 radical (unpaired) electrons. The van der Waals surface area contributed by atoms with Crippen LogP contribution in [0, 0.1) is 5.41 Å². The van der Waals surface area contributed by atoms with Crippen LogP contribution in [-0.2, 0) is 11.3 Å². The largest absolute Gasteiger partial charge is 0.392 e. The molecule has 2 atom stereocenters. The second-order valence-electron chi connectivity index (χ2n) is 4.96. The normalized spacial score (nSPS) is 27.5. The molecule has 3 heteroatoms. The summed E-state index contributed by atoms with van der Waals surface area (Å²) in [6.45, 7) is 4.69. The van der Waals surface area contributed by atoms with Crippen LogP contribution >= 0.6 is 15.9 Å². The van der Waals surface area contributed by atoms with E-state index in [1.165, 1.54) is 0 Å². The molecule has 0 bridgehead atoms. The van der Waals surface area contributed by atoms with Gasteiger partial charge in [-0.2, -0.15) is 0 Å². The monoisotopic (exact) mass is 284 g/mol. The van der Waals surface area contributed by atoms with Gasteiger partial charge in [-0.15, -0.1) is 0 Å². The van der Waals surface area contributed by atoms with E-state index in [0.717, 1.165) is 16.5 Å². The summed E-state index contributed by atoms with van der Waals surface area (Å²) in [4.78, 5) is 0. The van der Waals surface area contributed by atoms with E-state index in [4.69, 9.17) is 4.74 Å². The van der Waals surface area contributed by atoms with Gasteiger partial charge in [-0.3, -0.25) is 0 Å². The predicted octanol–water partition coefficient (Wildman–Crippen LogP) is 3.13. The molecule has 0 amide bonds. The highest BCUT2D eigenvalue weighted by Crippen LogP contribution is 2.43. The van der Waals surface area contributed by atoms with Crippen molar-refractivity contribution in [3.63, 3.8) is 0 Å². The molecule has 2 nitrogen and oxygen atoms in total. The van der Waals surface area contributed by atoms with Gasteiger partial charge in [0.2, 0.25) is 0 Å². The van der Waals surface area contributed by atoms with Crippen molar-refractivity contribution in [3.05, 3.63) is 34.3 Å². The summed E-state index contributed by atoms with van der Waals surface area (Å²) in [6.07, 6.45) is 0.684. The highest BCUT2D eigenvalue weighted by molar-refractivity contribution is 9.10. The van der Waals surface area contributed by atoms with Crippen molar-refractivity contribution >= 4 is 15.9 Å². The van der Waals surface area contributed by atoms with Gasteiger partial charge in [0.1, 0.15) is 0 Å². The molecule has 88 valence electrons. The second-order valence-corrected chi connectivity index (χ2v) is 5.82. The minimum Gasteiger partial charge on any atom is -0.392 e. The number of ether oxygens (including phenoxy) is 1. The number of aliphatic hydroxyl groups excluding tert-OH is 1. The van der Waals surface area contributed by atoms with Crippen molar-refractivity contribution in [2.45, 2.75) is 39.1 Å². The molecule has 1 aliphatic rings. The standard InChI is InChI=1S/C13H17BrO2/c1-13(2)11(15)7-12(13)16-8-9-5-3-4-6-10(9)14/h3-6,11-12,15H,7-8H2,1-2H3. The number of hydrogen-bond donors (Lipinski definition) is 1. The Labute approximate surface area is 105 Å². The molecule has 16 heavy (non-hydrogen) atoms. The van der Waals surface area contributed by atoms with Crippen LogP contribution in [0.4, 0.5) is 0 Å². The van der Waals surface area contributed by atoms with Crippen molar-refractivity contribution in [2.75, 3.05) is 0 Å². The van der Waals surface area contributed by atoms with Crippen molar-refractivity contribution in [1.29, 1.82) is 0 Å². The van der Waals surface area contributed by atoms with Gasteiger partial charge in [0, 0.05) is 16.3 Å². The Morgan fingerprint density at radius 2 is 2.12 bits per heavy atom. The first-order valence-electron chi connectivity index (χ1n) is 5.55. The van der Waals surface area contributed by atoms with Gasteiger partial charge in [-0.25, -0.2) is 0 Å². The Morgan fingerprint density at radius 3 is 2.69 bits per heavy atom. The maximum atomic E-state index is 9.61. The molecule has 2 rings (SSSR count). The van der Waals surface area contributed by atoms with E-state index >= 15 is 0 Å². The number of halogens is 1. The van der Waals surface area contributed by atoms with Crippen LogP contribution in [0.3, 0.4) is 0 Å². The lowest BCUT2D eigenvalue weighted by Gasteiger charge is -2.48. The third-order valence-corrected chi connectivity index (χ3v) is 4.30. The topological polar surface area (TPSA) is 29.5 Å². The summed E-state index contributed by atoms with van der Waals surface area (Å²) in [5.41, 5.74) is 1.04. The average Bonchev–Trinajstić information content (AvgIpc) is 2.26. The fourth-order valence-electron chi connectivity index (χ4n) is 1.95. The van der Waals surface area contributed by atoms with E-state index in [0.29, 0.717) is 6.61 Å². The molecule has 1 aliphatic carbocycles. The van der Waals surface area contributed by atoms with Crippen LogP contribution in [-0.4, -0.2) is 17.3 Å². The quantitative estimate of drug-likeness (QED) is 0.924. The second kappa shape index (κ2) is 4.47. The van der Waals surface area contributed by atoms with E-state index in [1.807, 2.05) is 38.1 Å². The average molecular weight is 285 g/mol. The molecule has 0 heterocycles. The van der Waals surface area contributed by atoms with Crippen molar-refractivity contribution in [3.8, 4) is 0 Å². The Balaban J connectivity index is 1.92. The smallest absolute Gasteiger partial charge is 0.0731 e. The van der Waals surface area contributed by atoms with Crippen LogP contribution in [0.2, 0.25) is 0 Å². The van der Waals surface area contributed by atoms with Gasteiger partial charge in [0.05, 0.1) is 18.8 Å². The fraction of sp³-hybridized carbons (Fsp3) is 0.538. The van der Waals surface area contributed by atoms with E-state index in [2.05, 4.69) is 15.9 Å². The lowest BCUT2D eigenvalue weighted by atomic mass is 9.66. The van der Waals surface area contributed by atoms with Crippen molar-refractivity contribution in [2.24, 2.45) is 5.41 Å². The maximum absolute atomic E-state index is 9.61. The molecule has 2 unspecified atom stereocenters. The first kappa shape index (κ1) is 12.1. The Kier molecular flexibility index (Phi) is 3.38. The summed E-state index contributed by atoms with van der Waals surface area (Å²) in [6, 6.07) is 8.06. The van der Waals surface area contributed by atoms with E-state index in [1.54, 1.807) is 0 Å². The molecule has 1 N–H and O–H groups in total. The summed E-state index contributed by atoms with van der Waals surface area (Å²) < 4.78 is 6.92. The van der Waals surface area contributed by atoms with Crippen LogP contribution in [0.1, 0.15) is 25.8 Å². The lowest BCUT2D eigenvalue weighted by molar-refractivity contribution is -0.179. The molecule has 0 spiro atoms. The van der Waals surface area contributed by atoms with Gasteiger partial charge in [-0.05, 0) is 11.6 Å². The highest BCUT2D eigenvalue weighted by Gasteiger charge is 2.48. The zero-order valence-corrected chi connectivity index (χ0v) is 11.2. The molecular formula is C13H17BrO2. The lowest BCUT2D eigenvalue weighted by Crippen LogP contribution is -2.54. The Hall–Kier alpha value is -0.380. The first-order valence-corrected chi connectivity index (χ1v) is 6.34. The zero-order chi connectivity index (χ0) is 11.8. The number of aliphatic hydroxyl groups is 1. The van der Waals surface area contributed by atoms with E-state index in [-0.39, 0.29) is 17.6 Å². The Morgan fingerprint density at radius 1 is 1.44 bits per heavy atom. The van der Waals surface area contributed by atoms with Gasteiger partial charge < -0.3 is 9.84 Å². The zero-order valence-electron chi connectivity index (χ0n) is 9.61. The maximum Gasteiger partial charge on any atom is 0.0731 e. The van der Waals surface area contributed by atoms with Gasteiger partial charge >= 0.3 is 0 Å². The summed E-state index contributed by atoms with van der Waals surface area (Å²) >= 11 is 3.50. The van der Waals surface area contributed by atoms with Gasteiger partial charge in [0.25, 0.3) is 0 Å². The minimum absolute atomic E-state index is 0.110. The third kappa shape index (κ3) is 2.17.